The molecule has 1 saturated carbocycles. The molecule has 184 valence electrons. The number of nitrogens with one attached hydrogen (secondary N) is 2. The molecule has 3 rings (SSSR count). The van der Waals surface area contributed by atoms with Crippen LogP contribution < -0.4 is 10.6 Å². The Kier molecular flexibility index (Phi) is 8.82. The topological polar surface area (TPSA) is 111 Å². The highest BCUT2D eigenvalue weighted by Crippen LogP contribution is 2.38. The highest BCUT2D eigenvalue weighted by atomic mass is 32.2. The van der Waals surface area contributed by atoms with Crippen molar-refractivity contribution in [3.8, 4) is 0 Å². The number of methoxy groups -OCH3 is 1. The maximum atomic E-state index is 13.6. The molecule has 1 fully saturated rings. The zero-order valence-electron chi connectivity index (χ0n) is 19.5. The van der Waals surface area contributed by atoms with E-state index in [1.807, 2.05) is 48.5 Å². The lowest BCUT2D eigenvalue weighted by Crippen LogP contribution is -2.54. The summed E-state index contributed by atoms with van der Waals surface area (Å²) in [6.07, 6.45) is 3.23. The lowest BCUT2D eigenvalue weighted by Gasteiger charge is -2.38. The largest absolute Gasteiger partial charge is 0.381 e. The summed E-state index contributed by atoms with van der Waals surface area (Å²) in [5, 5.41) is 5.75. The Morgan fingerprint density at radius 1 is 1.03 bits per heavy atom. The molecule has 1 atom stereocenters. The highest BCUT2D eigenvalue weighted by molar-refractivity contribution is 7.85. The van der Waals surface area contributed by atoms with Gasteiger partial charge in [-0.3, -0.25) is 13.8 Å². The Labute approximate surface area is 201 Å². The van der Waals surface area contributed by atoms with Crippen molar-refractivity contribution >= 4 is 27.6 Å². The molecule has 0 radical (unpaired) electrons. The number of hydrogen-bond acceptors (Lipinski definition) is 6. The van der Waals surface area contributed by atoms with Crippen molar-refractivity contribution < 1.29 is 26.9 Å². The predicted molar refractivity (Wildman–Crippen MR) is 130 cm³/mol. The number of rotatable bonds is 10. The Balaban J connectivity index is 1.82. The molecule has 9 heteroatoms. The van der Waals surface area contributed by atoms with Crippen LogP contribution in [0.2, 0.25) is 0 Å². The minimum atomic E-state index is -3.74. The van der Waals surface area contributed by atoms with Crippen molar-refractivity contribution in [1.29, 1.82) is 0 Å². The van der Waals surface area contributed by atoms with Gasteiger partial charge in [0, 0.05) is 19.2 Å². The van der Waals surface area contributed by atoms with Gasteiger partial charge in [0.2, 0.25) is 11.8 Å². The number of hydrogen-bond donors (Lipinski definition) is 2. The summed E-state index contributed by atoms with van der Waals surface area (Å²) < 4.78 is 33.9. The second-order valence-corrected chi connectivity index (χ2v) is 10.4. The molecule has 0 saturated heterocycles. The van der Waals surface area contributed by atoms with Crippen molar-refractivity contribution in [2.75, 3.05) is 25.3 Å². The average molecular weight is 489 g/mol. The first-order valence-corrected chi connectivity index (χ1v) is 13.1. The van der Waals surface area contributed by atoms with E-state index in [0.717, 1.165) is 11.8 Å². The first kappa shape index (κ1) is 25.9. The Bertz CT molecular complexity index is 1050. The fraction of sp³-hybridized carbons (Fsp3) is 0.440. The molecule has 2 aromatic carbocycles. The standard InChI is InChI=1S/C25H32N2O6S/c1-32-21-13-15-25(16-14-21,18-33-34(2,30)31)24(29)27-22(17-19-9-5-3-6-10-19)23(28)26-20-11-7-4-8-12-20/h3-12,21-22H,13-18H2,1-2H3,(H,26,28)(H,27,29). The number of amides is 2. The smallest absolute Gasteiger partial charge is 0.264 e. The molecule has 0 heterocycles. The number of carbonyl (C=O) groups excluding carboxylic acids is 2. The lowest BCUT2D eigenvalue weighted by molar-refractivity contribution is -0.139. The van der Waals surface area contributed by atoms with Gasteiger partial charge < -0.3 is 15.4 Å². The van der Waals surface area contributed by atoms with Gasteiger partial charge in [0.1, 0.15) is 6.04 Å². The van der Waals surface area contributed by atoms with Crippen LogP contribution in [0.1, 0.15) is 31.2 Å². The minimum Gasteiger partial charge on any atom is -0.381 e. The number of benzene rings is 2. The van der Waals surface area contributed by atoms with Crippen molar-refractivity contribution in [2.24, 2.45) is 5.41 Å². The van der Waals surface area contributed by atoms with Crippen molar-refractivity contribution in [3.63, 3.8) is 0 Å². The summed E-state index contributed by atoms with van der Waals surface area (Å²) in [4.78, 5) is 26.8. The SMILES string of the molecule is COC1CCC(COS(C)(=O)=O)(C(=O)NC(Cc2ccccc2)C(=O)Nc2ccccc2)CC1. The van der Waals surface area contributed by atoms with Gasteiger partial charge in [0.25, 0.3) is 10.1 Å². The third-order valence-electron chi connectivity index (χ3n) is 6.20. The molecule has 8 nitrogen and oxygen atoms in total. The Morgan fingerprint density at radius 2 is 1.62 bits per heavy atom. The summed E-state index contributed by atoms with van der Waals surface area (Å²) in [5.74, 6) is -0.747. The first-order chi connectivity index (χ1) is 16.2. The van der Waals surface area contributed by atoms with E-state index in [4.69, 9.17) is 8.92 Å². The summed E-state index contributed by atoms with van der Waals surface area (Å²) in [6, 6.07) is 17.6. The van der Waals surface area contributed by atoms with Gasteiger partial charge in [-0.2, -0.15) is 8.42 Å². The second-order valence-electron chi connectivity index (χ2n) is 8.75. The maximum Gasteiger partial charge on any atom is 0.264 e. The molecule has 0 spiro atoms. The molecule has 2 aromatic rings. The third kappa shape index (κ3) is 7.38. The predicted octanol–water partition coefficient (Wildman–Crippen LogP) is 2.90. The van der Waals surface area contributed by atoms with Crippen LogP contribution >= 0.6 is 0 Å². The van der Waals surface area contributed by atoms with Crippen molar-refractivity contribution in [3.05, 3.63) is 66.2 Å². The number of anilines is 1. The number of ether oxygens (including phenoxy) is 1. The van der Waals surface area contributed by atoms with Gasteiger partial charge in [0.15, 0.2) is 0 Å². The van der Waals surface area contributed by atoms with E-state index in [2.05, 4.69) is 10.6 Å². The zero-order valence-corrected chi connectivity index (χ0v) is 20.3. The lowest BCUT2D eigenvalue weighted by atomic mass is 9.72. The van der Waals surface area contributed by atoms with Crippen LogP contribution in [-0.4, -0.2) is 52.4 Å². The van der Waals surface area contributed by atoms with E-state index < -0.39 is 27.5 Å². The first-order valence-electron chi connectivity index (χ1n) is 11.3. The molecular formula is C25H32N2O6S. The molecule has 0 bridgehead atoms. The molecule has 1 unspecified atom stereocenters. The van der Waals surface area contributed by atoms with Gasteiger partial charge in [-0.05, 0) is 43.4 Å². The monoisotopic (exact) mass is 488 g/mol. The highest BCUT2D eigenvalue weighted by Gasteiger charge is 2.44. The third-order valence-corrected chi connectivity index (χ3v) is 6.75. The van der Waals surface area contributed by atoms with Crippen LogP contribution in [0.15, 0.2) is 60.7 Å². The summed E-state index contributed by atoms with van der Waals surface area (Å²) >= 11 is 0. The fourth-order valence-corrected chi connectivity index (χ4v) is 4.60. The van der Waals surface area contributed by atoms with Crippen LogP contribution in [-0.2, 0) is 35.0 Å². The molecule has 2 amide bonds. The van der Waals surface area contributed by atoms with Crippen LogP contribution in [0.25, 0.3) is 0 Å². The Hall–Kier alpha value is -2.75. The quantitative estimate of drug-likeness (QED) is 0.498. The number of carbonyl (C=O) groups is 2. The van der Waals surface area contributed by atoms with Crippen LogP contribution in [0.3, 0.4) is 0 Å². The fourth-order valence-electron chi connectivity index (χ4n) is 4.16. The van der Waals surface area contributed by atoms with Gasteiger partial charge in [-0.15, -0.1) is 0 Å². The van der Waals surface area contributed by atoms with E-state index in [1.54, 1.807) is 19.2 Å². The van der Waals surface area contributed by atoms with Crippen molar-refractivity contribution in [1.82, 2.24) is 5.32 Å². The van der Waals surface area contributed by atoms with Crippen molar-refractivity contribution in [2.45, 2.75) is 44.2 Å². The molecule has 1 aliphatic carbocycles. The van der Waals surface area contributed by atoms with Gasteiger partial charge in [-0.25, -0.2) is 0 Å². The minimum absolute atomic E-state index is 0.000605. The second kappa shape index (κ2) is 11.6. The molecule has 34 heavy (non-hydrogen) atoms. The van der Waals surface area contributed by atoms with Crippen LogP contribution in [0.5, 0.6) is 0 Å². The van der Waals surface area contributed by atoms with E-state index in [0.29, 0.717) is 31.4 Å². The maximum absolute atomic E-state index is 13.6. The molecule has 2 N–H and O–H groups in total. The number of para-hydroxylation sites is 1. The van der Waals surface area contributed by atoms with Crippen LogP contribution in [0, 0.1) is 5.41 Å². The summed E-state index contributed by atoms with van der Waals surface area (Å²) in [7, 11) is -2.12. The molecule has 0 aromatic heterocycles. The van der Waals surface area contributed by atoms with E-state index in [1.165, 1.54) is 0 Å². The van der Waals surface area contributed by atoms with E-state index >= 15 is 0 Å². The molecular weight excluding hydrogens is 456 g/mol. The van der Waals surface area contributed by atoms with Crippen LogP contribution in [0.4, 0.5) is 5.69 Å². The zero-order chi connectivity index (χ0) is 24.6. The van der Waals surface area contributed by atoms with Gasteiger partial charge in [0.05, 0.1) is 24.4 Å². The van der Waals surface area contributed by atoms with E-state index in [-0.39, 0.29) is 25.0 Å². The average Bonchev–Trinajstić information content (AvgIpc) is 2.83. The normalized spacial score (nSPS) is 21.4. The summed E-state index contributed by atoms with van der Waals surface area (Å²) in [6.45, 7) is -0.271. The molecule has 1 aliphatic rings. The van der Waals surface area contributed by atoms with Gasteiger partial charge >= 0.3 is 0 Å². The van der Waals surface area contributed by atoms with E-state index in [9.17, 15) is 18.0 Å². The van der Waals surface area contributed by atoms with Gasteiger partial charge in [-0.1, -0.05) is 48.5 Å². The summed E-state index contributed by atoms with van der Waals surface area (Å²) in [5.41, 5.74) is 0.441. The molecule has 0 aliphatic heterocycles. The Morgan fingerprint density at radius 3 is 2.18 bits per heavy atom.